The number of hydrogen-bond acceptors (Lipinski definition) is 2. The maximum atomic E-state index is 10.2. The van der Waals surface area contributed by atoms with E-state index >= 15 is 0 Å². The molecule has 4 heteroatoms. The largest absolute Gasteiger partial charge is 0.388 e. The first kappa shape index (κ1) is 13.1. The number of benzene rings is 1. The predicted molar refractivity (Wildman–Crippen MR) is 72.7 cm³/mol. The fourth-order valence-electron chi connectivity index (χ4n) is 1.96. The Balaban J connectivity index is 2.03. The molecule has 2 rings (SSSR count). The number of aliphatic hydroxyl groups is 1. The molecule has 1 atom stereocenters. The van der Waals surface area contributed by atoms with Crippen LogP contribution in [0.5, 0.6) is 0 Å². The van der Waals surface area contributed by atoms with Crippen LogP contribution in [-0.4, -0.2) is 14.7 Å². The molecule has 1 aromatic carbocycles. The van der Waals surface area contributed by atoms with Gasteiger partial charge >= 0.3 is 0 Å². The van der Waals surface area contributed by atoms with Crippen molar-refractivity contribution in [2.24, 2.45) is 7.05 Å². The van der Waals surface area contributed by atoms with Crippen molar-refractivity contribution in [2.45, 2.75) is 25.9 Å². The maximum absolute atomic E-state index is 10.2. The van der Waals surface area contributed by atoms with E-state index in [1.54, 1.807) is 6.20 Å². The normalized spacial score (nSPS) is 12.7. The summed E-state index contributed by atoms with van der Waals surface area (Å²) in [5.41, 5.74) is 1.89. The van der Waals surface area contributed by atoms with Crippen molar-refractivity contribution >= 4 is 11.6 Å². The van der Waals surface area contributed by atoms with E-state index in [4.69, 9.17) is 11.6 Å². The van der Waals surface area contributed by atoms with E-state index < -0.39 is 6.10 Å². The first-order chi connectivity index (χ1) is 8.58. The Morgan fingerprint density at radius 3 is 2.83 bits per heavy atom. The number of imidazole rings is 1. The monoisotopic (exact) mass is 264 g/mol. The van der Waals surface area contributed by atoms with Crippen LogP contribution in [0.3, 0.4) is 0 Å². The topological polar surface area (TPSA) is 38.1 Å². The van der Waals surface area contributed by atoms with E-state index in [2.05, 4.69) is 4.98 Å². The van der Waals surface area contributed by atoms with Crippen molar-refractivity contribution in [1.29, 1.82) is 0 Å². The molecular formula is C14H17ClN2O. The number of rotatable bonds is 4. The highest BCUT2D eigenvalue weighted by molar-refractivity contribution is 6.31. The van der Waals surface area contributed by atoms with Gasteiger partial charge in [-0.05, 0) is 30.5 Å². The van der Waals surface area contributed by atoms with Crippen LogP contribution < -0.4 is 0 Å². The third kappa shape index (κ3) is 2.92. The van der Waals surface area contributed by atoms with Crippen LogP contribution in [0.25, 0.3) is 0 Å². The lowest BCUT2D eigenvalue weighted by atomic mass is 10.0. The van der Waals surface area contributed by atoms with E-state index in [1.165, 1.54) is 0 Å². The van der Waals surface area contributed by atoms with E-state index in [-0.39, 0.29) is 0 Å². The van der Waals surface area contributed by atoms with Gasteiger partial charge in [-0.3, -0.25) is 0 Å². The Kier molecular flexibility index (Phi) is 4.04. The van der Waals surface area contributed by atoms with Crippen molar-refractivity contribution < 1.29 is 5.11 Å². The van der Waals surface area contributed by atoms with Gasteiger partial charge < -0.3 is 9.67 Å². The van der Waals surface area contributed by atoms with Crippen molar-refractivity contribution in [1.82, 2.24) is 9.55 Å². The quantitative estimate of drug-likeness (QED) is 0.922. The molecule has 1 aromatic heterocycles. The fraction of sp³-hybridized carbons (Fsp3) is 0.357. The summed E-state index contributed by atoms with van der Waals surface area (Å²) in [6.07, 6.45) is 4.47. The minimum atomic E-state index is -0.546. The molecule has 0 saturated heterocycles. The molecule has 2 aromatic rings. The third-order valence-corrected chi connectivity index (χ3v) is 3.40. The molecule has 0 fully saturated rings. The van der Waals surface area contributed by atoms with Gasteiger partial charge in [0.15, 0.2) is 0 Å². The smallest absolute Gasteiger partial charge is 0.108 e. The van der Waals surface area contributed by atoms with E-state index in [9.17, 15) is 5.11 Å². The number of aromatic nitrogens is 2. The van der Waals surface area contributed by atoms with Crippen LogP contribution in [0, 0.1) is 6.92 Å². The van der Waals surface area contributed by atoms with Gasteiger partial charge in [0.05, 0.1) is 6.10 Å². The Morgan fingerprint density at radius 1 is 1.44 bits per heavy atom. The molecule has 96 valence electrons. The highest BCUT2D eigenvalue weighted by Crippen LogP contribution is 2.26. The van der Waals surface area contributed by atoms with Gasteiger partial charge in [0, 0.05) is 30.9 Å². The molecule has 3 nitrogen and oxygen atoms in total. The minimum absolute atomic E-state index is 0.546. The lowest BCUT2D eigenvalue weighted by Crippen LogP contribution is -2.04. The summed E-state index contributed by atoms with van der Waals surface area (Å²) in [5.74, 6) is 0.970. The second-order valence-corrected chi connectivity index (χ2v) is 4.94. The first-order valence-corrected chi connectivity index (χ1v) is 6.36. The SMILES string of the molecule is Cc1ccc(C(O)CCc2nccn2C)c(Cl)c1. The zero-order valence-electron chi connectivity index (χ0n) is 10.6. The summed E-state index contributed by atoms with van der Waals surface area (Å²) in [7, 11) is 1.95. The first-order valence-electron chi connectivity index (χ1n) is 5.98. The van der Waals surface area contributed by atoms with Crippen LogP contribution >= 0.6 is 11.6 Å². The summed E-state index contributed by atoms with van der Waals surface area (Å²) >= 11 is 6.14. The fourth-order valence-corrected chi connectivity index (χ4v) is 2.32. The Hall–Kier alpha value is -1.32. The van der Waals surface area contributed by atoms with Crippen LogP contribution in [0.1, 0.15) is 29.5 Å². The molecule has 0 saturated carbocycles. The van der Waals surface area contributed by atoms with Gasteiger partial charge in [-0.2, -0.15) is 0 Å². The summed E-state index contributed by atoms with van der Waals surface area (Å²) in [5, 5.41) is 10.8. The lowest BCUT2D eigenvalue weighted by molar-refractivity contribution is 0.167. The van der Waals surface area contributed by atoms with Gasteiger partial charge in [0.2, 0.25) is 0 Å². The number of hydrogen-bond donors (Lipinski definition) is 1. The van der Waals surface area contributed by atoms with Crippen molar-refractivity contribution in [2.75, 3.05) is 0 Å². The van der Waals surface area contributed by atoms with E-state index in [0.717, 1.165) is 23.4 Å². The molecule has 0 aliphatic heterocycles. The van der Waals surface area contributed by atoms with Crippen LogP contribution in [0.2, 0.25) is 5.02 Å². The zero-order valence-corrected chi connectivity index (χ0v) is 11.4. The van der Waals surface area contributed by atoms with E-state index in [1.807, 2.05) is 42.9 Å². The molecule has 18 heavy (non-hydrogen) atoms. The summed E-state index contributed by atoms with van der Waals surface area (Å²) in [4.78, 5) is 4.24. The second kappa shape index (κ2) is 5.55. The molecule has 0 spiro atoms. The standard InChI is InChI=1S/C14H17ClN2O/c1-10-3-4-11(12(15)9-10)13(18)5-6-14-16-7-8-17(14)2/h3-4,7-9,13,18H,5-6H2,1-2H3. The van der Waals surface area contributed by atoms with Crippen LogP contribution in [0.15, 0.2) is 30.6 Å². The third-order valence-electron chi connectivity index (χ3n) is 3.08. The van der Waals surface area contributed by atoms with Gasteiger partial charge in [-0.25, -0.2) is 4.98 Å². The lowest BCUT2D eigenvalue weighted by Gasteiger charge is -2.13. The number of halogens is 1. The average molecular weight is 265 g/mol. The van der Waals surface area contributed by atoms with Gasteiger partial charge in [0.25, 0.3) is 0 Å². The van der Waals surface area contributed by atoms with Crippen LogP contribution in [0.4, 0.5) is 0 Å². The zero-order chi connectivity index (χ0) is 13.1. The van der Waals surface area contributed by atoms with Crippen molar-refractivity contribution in [3.05, 3.63) is 52.6 Å². The highest BCUT2D eigenvalue weighted by atomic mass is 35.5. The summed E-state index contributed by atoms with van der Waals surface area (Å²) in [6, 6.07) is 5.73. The molecule has 0 radical (unpaired) electrons. The average Bonchev–Trinajstić information content (AvgIpc) is 2.72. The second-order valence-electron chi connectivity index (χ2n) is 4.53. The molecule has 0 aliphatic rings. The number of nitrogens with zero attached hydrogens (tertiary/aromatic N) is 2. The Labute approximate surface area is 112 Å². The van der Waals surface area contributed by atoms with Crippen molar-refractivity contribution in [3.63, 3.8) is 0 Å². The molecular weight excluding hydrogens is 248 g/mol. The molecule has 0 bridgehead atoms. The summed E-state index contributed by atoms with van der Waals surface area (Å²) < 4.78 is 1.96. The van der Waals surface area contributed by atoms with Crippen molar-refractivity contribution in [3.8, 4) is 0 Å². The Morgan fingerprint density at radius 2 is 2.22 bits per heavy atom. The molecule has 0 amide bonds. The molecule has 0 aliphatic carbocycles. The van der Waals surface area contributed by atoms with Gasteiger partial charge in [-0.15, -0.1) is 0 Å². The van der Waals surface area contributed by atoms with Gasteiger partial charge in [-0.1, -0.05) is 23.7 Å². The molecule has 1 heterocycles. The predicted octanol–water partition coefficient (Wildman–Crippen LogP) is 3.05. The van der Waals surface area contributed by atoms with E-state index in [0.29, 0.717) is 11.4 Å². The maximum Gasteiger partial charge on any atom is 0.108 e. The minimum Gasteiger partial charge on any atom is -0.388 e. The molecule has 1 N–H and O–H groups in total. The van der Waals surface area contributed by atoms with Crippen LogP contribution in [-0.2, 0) is 13.5 Å². The Bertz CT molecular complexity index is 536. The van der Waals surface area contributed by atoms with Gasteiger partial charge in [0.1, 0.15) is 5.82 Å². The summed E-state index contributed by atoms with van der Waals surface area (Å²) in [6.45, 7) is 1.98. The highest BCUT2D eigenvalue weighted by Gasteiger charge is 2.12. The number of aliphatic hydroxyl groups excluding tert-OH is 1. The number of aryl methyl sites for hydroxylation is 3. The molecule has 1 unspecified atom stereocenters.